The Hall–Kier alpha value is -3.20. The van der Waals surface area contributed by atoms with Crippen molar-refractivity contribution in [1.29, 1.82) is 0 Å². The van der Waals surface area contributed by atoms with Crippen LogP contribution >= 0.6 is 22.9 Å². The molecule has 0 bridgehead atoms. The lowest BCUT2D eigenvalue weighted by Crippen LogP contribution is -2.07. The second kappa shape index (κ2) is 8.38. The van der Waals surface area contributed by atoms with E-state index in [1.807, 2.05) is 61.5 Å². The third kappa shape index (κ3) is 3.56. The summed E-state index contributed by atoms with van der Waals surface area (Å²) in [6.07, 6.45) is 0.837. The first-order valence-electron chi connectivity index (χ1n) is 10.5. The van der Waals surface area contributed by atoms with Gasteiger partial charge in [-0.05, 0) is 50.1 Å². The van der Waals surface area contributed by atoms with E-state index in [-0.39, 0.29) is 6.04 Å². The third-order valence-corrected chi connectivity index (χ3v) is 7.04. The van der Waals surface area contributed by atoms with Crippen LogP contribution in [0.3, 0.4) is 0 Å². The molecule has 0 unspecified atom stereocenters. The summed E-state index contributed by atoms with van der Waals surface area (Å²) in [5, 5.41) is 10.7. The molecule has 6 heteroatoms. The average Bonchev–Trinajstić information content (AvgIpc) is 3.29. The zero-order chi connectivity index (χ0) is 22.2. The van der Waals surface area contributed by atoms with Crippen LogP contribution in [0.4, 0.5) is 0 Å². The smallest absolute Gasteiger partial charge is 0.163 e. The second-order valence-electron chi connectivity index (χ2n) is 7.70. The molecule has 5 rings (SSSR count). The number of thiophene rings is 1. The number of hydrogen-bond acceptors (Lipinski definition) is 4. The predicted octanol–water partition coefficient (Wildman–Crippen LogP) is 6.30. The SMILES string of the molecule is CC[C@@H]1N=C(c2ccc(Cl)cc2)c2c(sc(C#Cc3ccccc3)c2C)-n2c(C)nnc21. The summed E-state index contributed by atoms with van der Waals surface area (Å²) in [6.45, 7) is 6.25. The maximum atomic E-state index is 6.17. The predicted molar refractivity (Wildman–Crippen MR) is 131 cm³/mol. The summed E-state index contributed by atoms with van der Waals surface area (Å²) in [5.41, 5.74) is 5.20. The van der Waals surface area contributed by atoms with Gasteiger partial charge in [-0.2, -0.15) is 0 Å². The van der Waals surface area contributed by atoms with E-state index in [2.05, 4.69) is 40.5 Å². The van der Waals surface area contributed by atoms with Crippen molar-refractivity contribution in [2.75, 3.05) is 0 Å². The van der Waals surface area contributed by atoms with E-state index in [1.54, 1.807) is 11.3 Å². The van der Waals surface area contributed by atoms with Crippen LogP contribution in [-0.2, 0) is 0 Å². The number of rotatable bonds is 2. The van der Waals surface area contributed by atoms with Gasteiger partial charge in [0.15, 0.2) is 5.82 Å². The van der Waals surface area contributed by atoms with E-state index in [1.165, 1.54) is 0 Å². The molecule has 0 fully saturated rings. The van der Waals surface area contributed by atoms with Gasteiger partial charge in [0.05, 0.1) is 10.6 Å². The van der Waals surface area contributed by atoms with E-state index >= 15 is 0 Å². The molecule has 0 N–H and O–H groups in total. The van der Waals surface area contributed by atoms with Gasteiger partial charge < -0.3 is 0 Å². The third-order valence-electron chi connectivity index (χ3n) is 5.60. The molecule has 1 aliphatic heterocycles. The van der Waals surface area contributed by atoms with Gasteiger partial charge in [0.1, 0.15) is 16.9 Å². The Bertz CT molecular complexity index is 1390. The number of hydrogen-bond donors (Lipinski definition) is 0. The molecule has 158 valence electrons. The minimum atomic E-state index is -0.0697. The monoisotopic (exact) mass is 456 g/mol. The quantitative estimate of drug-likeness (QED) is 0.332. The van der Waals surface area contributed by atoms with Crippen LogP contribution in [-0.4, -0.2) is 20.5 Å². The van der Waals surface area contributed by atoms with Crippen LogP contribution < -0.4 is 0 Å². The van der Waals surface area contributed by atoms with Crippen LogP contribution in [0.1, 0.15) is 58.2 Å². The summed E-state index contributed by atoms with van der Waals surface area (Å²) >= 11 is 7.84. The largest absolute Gasteiger partial charge is 0.273 e. The Balaban J connectivity index is 1.75. The number of aryl methyl sites for hydroxylation is 1. The molecule has 2 aromatic heterocycles. The van der Waals surface area contributed by atoms with Crippen molar-refractivity contribution in [2.45, 2.75) is 33.2 Å². The minimum Gasteiger partial charge on any atom is -0.273 e. The number of nitrogens with zero attached hydrogens (tertiary/aromatic N) is 4. The standard InChI is InChI=1S/C26H21ClN4S/c1-4-21-25-30-29-17(3)31(25)26-23(24(28-21)19-11-13-20(27)14-12-19)16(2)22(32-26)15-10-18-8-6-5-7-9-18/h5-9,11-14,21H,4H2,1-3H3/t21-/m0/s1. The molecule has 1 atom stereocenters. The number of fused-ring (bicyclic) bond motifs is 3. The molecule has 0 radical (unpaired) electrons. The van der Waals surface area contributed by atoms with Crippen LogP contribution in [0, 0.1) is 25.7 Å². The maximum Gasteiger partial charge on any atom is 0.163 e. The van der Waals surface area contributed by atoms with Gasteiger partial charge in [-0.15, -0.1) is 21.5 Å². The van der Waals surface area contributed by atoms with Crippen molar-refractivity contribution in [1.82, 2.24) is 14.8 Å². The Kier molecular flexibility index (Phi) is 5.42. The Morgan fingerprint density at radius 2 is 1.75 bits per heavy atom. The Labute approximate surface area is 196 Å². The highest BCUT2D eigenvalue weighted by atomic mass is 35.5. The van der Waals surface area contributed by atoms with Crippen LogP contribution in [0.2, 0.25) is 5.02 Å². The minimum absolute atomic E-state index is 0.0697. The van der Waals surface area contributed by atoms with E-state index in [0.29, 0.717) is 5.02 Å². The van der Waals surface area contributed by atoms with Crippen molar-refractivity contribution in [3.8, 4) is 16.8 Å². The van der Waals surface area contributed by atoms with E-state index in [0.717, 1.165) is 55.9 Å². The van der Waals surface area contributed by atoms with Crippen molar-refractivity contribution in [3.05, 3.63) is 98.4 Å². The van der Waals surface area contributed by atoms with E-state index in [9.17, 15) is 0 Å². The highest BCUT2D eigenvalue weighted by Crippen LogP contribution is 2.39. The van der Waals surface area contributed by atoms with Gasteiger partial charge in [-0.1, -0.05) is 60.7 Å². The first kappa shape index (κ1) is 20.7. The van der Waals surface area contributed by atoms with Gasteiger partial charge in [-0.3, -0.25) is 9.56 Å². The summed E-state index contributed by atoms with van der Waals surface area (Å²) in [7, 11) is 0. The second-order valence-corrected chi connectivity index (χ2v) is 9.14. The Morgan fingerprint density at radius 3 is 2.47 bits per heavy atom. The van der Waals surface area contributed by atoms with Crippen molar-refractivity contribution in [3.63, 3.8) is 0 Å². The zero-order valence-corrected chi connectivity index (χ0v) is 19.6. The molecule has 0 amide bonds. The Morgan fingerprint density at radius 1 is 1.00 bits per heavy atom. The molecular weight excluding hydrogens is 436 g/mol. The molecular formula is C26H21ClN4S. The van der Waals surface area contributed by atoms with Gasteiger partial charge >= 0.3 is 0 Å². The summed E-state index contributed by atoms with van der Waals surface area (Å²) in [5.74, 6) is 8.43. The topological polar surface area (TPSA) is 43.1 Å². The molecule has 0 aliphatic carbocycles. The maximum absolute atomic E-state index is 6.17. The fraction of sp³-hybridized carbons (Fsp3) is 0.192. The highest BCUT2D eigenvalue weighted by molar-refractivity contribution is 7.15. The first-order chi connectivity index (χ1) is 15.6. The van der Waals surface area contributed by atoms with Crippen LogP contribution in [0.25, 0.3) is 5.00 Å². The first-order valence-corrected chi connectivity index (χ1v) is 11.7. The molecule has 0 spiro atoms. The van der Waals surface area contributed by atoms with E-state index in [4.69, 9.17) is 16.6 Å². The van der Waals surface area contributed by atoms with Gasteiger partial charge in [-0.25, -0.2) is 0 Å². The highest BCUT2D eigenvalue weighted by Gasteiger charge is 2.30. The number of halogens is 1. The molecule has 3 heterocycles. The van der Waals surface area contributed by atoms with Crippen LogP contribution in [0.5, 0.6) is 0 Å². The van der Waals surface area contributed by atoms with Crippen molar-refractivity contribution < 1.29 is 0 Å². The molecule has 4 nitrogen and oxygen atoms in total. The van der Waals surface area contributed by atoms with Crippen LogP contribution in [0.15, 0.2) is 59.6 Å². The fourth-order valence-corrected chi connectivity index (χ4v) is 5.27. The van der Waals surface area contributed by atoms with Crippen molar-refractivity contribution >= 4 is 28.6 Å². The molecule has 1 aliphatic rings. The van der Waals surface area contributed by atoms with E-state index < -0.39 is 0 Å². The summed E-state index contributed by atoms with van der Waals surface area (Å²) in [6, 6.07) is 17.9. The molecule has 0 saturated heterocycles. The fourth-order valence-electron chi connectivity index (χ4n) is 3.93. The normalized spacial score (nSPS) is 14.6. The molecule has 4 aromatic rings. The summed E-state index contributed by atoms with van der Waals surface area (Å²) < 4.78 is 2.15. The molecule has 32 heavy (non-hydrogen) atoms. The number of aromatic nitrogens is 3. The lowest BCUT2D eigenvalue weighted by molar-refractivity contribution is 0.641. The number of benzene rings is 2. The lowest BCUT2D eigenvalue weighted by atomic mass is 9.99. The average molecular weight is 457 g/mol. The number of aliphatic imine (C=N–C) groups is 1. The van der Waals surface area contributed by atoms with Gasteiger partial charge in [0, 0.05) is 21.7 Å². The zero-order valence-electron chi connectivity index (χ0n) is 18.1. The molecule has 2 aromatic carbocycles. The van der Waals surface area contributed by atoms with Crippen molar-refractivity contribution in [2.24, 2.45) is 4.99 Å². The molecule has 0 saturated carbocycles. The van der Waals surface area contributed by atoms with Gasteiger partial charge in [0.2, 0.25) is 0 Å². The lowest BCUT2D eigenvalue weighted by Gasteiger charge is -2.10. The van der Waals surface area contributed by atoms with Gasteiger partial charge in [0.25, 0.3) is 0 Å². The summed E-state index contributed by atoms with van der Waals surface area (Å²) in [4.78, 5) is 6.21.